The zero-order valence-corrected chi connectivity index (χ0v) is 20.8. The third-order valence-electron chi connectivity index (χ3n) is 5.81. The van der Waals surface area contributed by atoms with Gasteiger partial charge >= 0.3 is 0 Å². The van der Waals surface area contributed by atoms with Crippen LogP contribution in [-0.4, -0.2) is 10.2 Å². The average Bonchev–Trinajstić information content (AvgIpc) is 2.71. The van der Waals surface area contributed by atoms with E-state index in [-0.39, 0.29) is 0 Å². The molecule has 2 nitrogen and oxygen atoms in total. The van der Waals surface area contributed by atoms with Crippen LogP contribution in [0, 0.1) is 11.8 Å². The largest absolute Gasteiger partial charge is 0.507 e. The fourth-order valence-corrected chi connectivity index (χ4v) is 5.12. The molecule has 0 fully saturated rings. The summed E-state index contributed by atoms with van der Waals surface area (Å²) in [6.45, 7) is 9.10. The molecule has 172 valence electrons. The molecule has 0 saturated carbocycles. The molecule has 0 bridgehead atoms. The minimum absolute atomic E-state index is 0.316. The van der Waals surface area contributed by atoms with E-state index < -0.39 is 0 Å². The Morgan fingerprint density at radius 3 is 1.42 bits per heavy atom. The highest BCUT2D eigenvalue weighted by Crippen LogP contribution is 2.43. The lowest BCUT2D eigenvalue weighted by Gasteiger charge is -2.15. The van der Waals surface area contributed by atoms with Crippen molar-refractivity contribution in [2.45, 2.75) is 102 Å². The van der Waals surface area contributed by atoms with E-state index in [4.69, 9.17) is 0 Å². The van der Waals surface area contributed by atoms with E-state index in [1.807, 2.05) is 12.1 Å². The number of rotatable bonds is 14. The van der Waals surface area contributed by atoms with Gasteiger partial charge in [-0.3, -0.25) is 0 Å². The molecule has 2 aromatic carbocycles. The topological polar surface area (TPSA) is 40.5 Å². The number of hydrogen-bond donors (Lipinski definition) is 2. The van der Waals surface area contributed by atoms with Crippen LogP contribution in [0.3, 0.4) is 0 Å². The Labute approximate surface area is 194 Å². The quantitative estimate of drug-likeness (QED) is 0.287. The van der Waals surface area contributed by atoms with Crippen LogP contribution in [0.2, 0.25) is 0 Å². The highest BCUT2D eigenvalue weighted by molar-refractivity contribution is 7.99. The highest BCUT2D eigenvalue weighted by atomic mass is 32.2. The number of phenolic OH excluding ortho intramolecular Hbond substituents is 2. The lowest BCUT2D eigenvalue weighted by molar-refractivity contribution is 0.457. The molecule has 0 amide bonds. The van der Waals surface area contributed by atoms with Crippen LogP contribution in [0.1, 0.15) is 90.2 Å². The van der Waals surface area contributed by atoms with Gasteiger partial charge in [-0.05, 0) is 60.8 Å². The summed E-state index contributed by atoms with van der Waals surface area (Å²) in [5, 5.41) is 21.2. The van der Waals surface area contributed by atoms with Crippen molar-refractivity contribution in [1.82, 2.24) is 0 Å². The van der Waals surface area contributed by atoms with E-state index >= 15 is 0 Å². The molecule has 2 rings (SSSR count). The van der Waals surface area contributed by atoms with Gasteiger partial charge in [0.1, 0.15) is 11.5 Å². The maximum atomic E-state index is 10.6. The first-order valence-electron chi connectivity index (χ1n) is 12.2. The third kappa shape index (κ3) is 9.19. The van der Waals surface area contributed by atoms with Crippen LogP contribution >= 0.6 is 11.8 Å². The second-order valence-corrected chi connectivity index (χ2v) is 10.6. The van der Waals surface area contributed by atoms with Crippen molar-refractivity contribution in [3.8, 4) is 11.5 Å². The summed E-state index contributed by atoms with van der Waals surface area (Å²) in [5.74, 6) is 2.15. The normalized spacial score (nSPS) is 11.5. The van der Waals surface area contributed by atoms with E-state index in [1.165, 1.54) is 61.4 Å². The molecule has 0 heterocycles. The van der Waals surface area contributed by atoms with E-state index in [0.29, 0.717) is 11.5 Å². The van der Waals surface area contributed by atoms with Gasteiger partial charge in [-0.25, -0.2) is 0 Å². The Bertz CT molecular complexity index is 717. The van der Waals surface area contributed by atoms with Crippen molar-refractivity contribution in [2.24, 2.45) is 11.8 Å². The minimum atomic E-state index is 0.316. The van der Waals surface area contributed by atoms with E-state index in [9.17, 15) is 10.2 Å². The number of hydrogen-bond acceptors (Lipinski definition) is 3. The van der Waals surface area contributed by atoms with Crippen molar-refractivity contribution >= 4 is 11.8 Å². The Kier molecular flexibility index (Phi) is 11.4. The van der Waals surface area contributed by atoms with Crippen LogP contribution in [0.4, 0.5) is 0 Å². The summed E-state index contributed by atoms with van der Waals surface area (Å²) in [4.78, 5) is 1.79. The van der Waals surface area contributed by atoms with Gasteiger partial charge in [-0.1, -0.05) is 102 Å². The van der Waals surface area contributed by atoms with Gasteiger partial charge in [-0.2, -0.15) is 0 Å². The van der Waals surface area contributed by atoms with Crippen LogP contribution in [0.25, 0.3) is 0 Å². The van der Waals surface area contributed by atoms with Gasteiger partial charge in [0, 0.05) is 0 Å². The first-order chi connectivity index (χ1) is 14.9. The number of unbranched alkanes of at least 4 members (excludes halogenated alkanes) is 4. The maximum Gasteiger partial charge on any atom is 0.129 e. The van der Waals surface area contributed by atoms with Crippen LogP contribution in [-0.2, 0) is 12.8 Å². The van der Waals surface area contributed by atoms with Crippen molar-refractivity contribution in [3.63, 3.8) is 0 Å². The minimum Gasteiger partial charge on any atom is -0.507 e. The molecule has 0 saturated heterocycles. The third-order valence-corrected chi connectivity index (χ3v) is 7.16. The van der Waals surface area contributed by atoms with E-state index in [1.54, 1.807) is 12.1 Å². The zero-order valence-electron chi connectivity index (χ0n) is 20.0. The zero-order chi connectivity index (χ0) is 22.6. The van der Waals surface area contributed by atoms with Gasteiger partial charge in [0.05, 0.1) is 9.79 Å². The van der Waals surface area contributed by atoms with Crippen LogP contribution in [0.5, 0.6) is 11.5 Å². The maximum absolute atomic E-state index is 10.6. The van der Waals surface area contributed by atoms with E-state index in [0.717, 1.165) is 47.3 Å². The molecule has 2 N–H and O–H groups in total. The SMILES string of the molecule is CC(C)CCCCCc1cccc(O)c1Sc1c(O)cccc1CCCCCC(C)C. The molecule has 0 aliphatic carbocycles. The number of phenols is 2. The second kappa shape index (κ2) is 13.7. The van der Waals surface area contributed by atoms with Crippen molar-refractivity contribution in [1.29, 1.82) is 0 Å². The predicted octanol–water partition coefficient (Wildman–Crippen LogP) is 8.77. The van der Waals surface area contributed by atoms with Crippen molar-refractivity contribution in [3.05, 3.63) is 47.5 Å². The van der Waals surface area contributed by atoms with Crippen molar-refractivity contribution < 1.29 is 10.2 Å². The van der Waals surface area contributed by atoms with Crippen LogP contribution in [0.15, 0.2) is 46.2 Å². The Hall–Kier alpha value is -1.61. The second-order valence-electron chi connectivity index (χ2n) is 9.62. The molecular formula is C28H42O2S. The molecule has 0 aliphatic heterocycles. The fourth-order valence-electron chi connectivity index (χ4n) is 3.96. The molecule has 0 aliphatic rings. The van der Waals surface area contributed by atoms with Crippen molar-refractivity contribution in [2.75, 3.05) is 0 Å². The lowest BCUT2D eigenvalue weighted by Crippen LogP contribution is -1.94. The lowest BCUT2D eigenvalue weighted by atomic mass is 10.0. The number of aromatic hydroxyl groups is 2. The highest BCUT2D eigenvalue weighted by Gasteiger charge is 2.15. The molecule has 31 heavy (non-hydrogen) atoms. The first-order valence-corrected chi connectivity index (χ1v) is 13.0. The molecule has 0 aromatic heterocycles. The summed E-state index contributed by atoms with van der Waals surface area (Å²) in [7, 11) is 0. The fraction of sp³-hybridized carbons (Fsp3) is 0.571. The van der Waals surface area contributed by atoms with Gasteiger partial charge in [0.2, 0.25) is 0 Å². The standard InChI is InChI=1S/C28H42O2S/c1-21(2)13-7-5-9-15-23-17-11-19-25(29)27(23)31-28-24(18-12-20-26(28)30)16-10-6-8-14-22(3)4/h11-12,17-22,29-30H,5-10,13-16H2,1-4H3. The van der Waals surface area contributed by atoms with Gasteiger partial charge in [0.25, 0.3) is 0 Å². The van der Waals surface area contributed by atoms with Gasteiger partial charge in [-0.15, -0.1) is 0 Å². The monoisotopic (exact) mass is 442 g/mol. The van der Waals surface area contributed by atoms with Crippen LogP contribution < -0.4 is 0 Å². The number of benzene rings is 2. The number of aryl methyl sites for hydroxylation is 2. The molecule has 0 radical (unpaired) electrons. The van der Waals surface area contributed by atoms with Gasteiger partial charge < -0.3 is 10.2 Å². The summed E-state index contributed by atoms with van der Waals surface area (Å²) in [5.41, 5.74) is 2.36. The van der Waals surface area contributed by atoms with E-state index in [2.05, 4.69) is 39.8 Å². The Morgan fingerprint density at radius 1 is 0.613 bits per heavy atom. The predicted molar refractivity (Wildman–Crippen MR) is 134 cm³/mol. The molecular weight excluding hydrogens is 400 g/mol. The molecule has 2 aromatic rings. The van der Waals surface area contributed by atoms with Gasteiger partial charge in [0.15, 0.2) is 0 Å². The first kappa shape index (κ1) is 25.6. The molecule has 0 spiro atoms. The molecule has 0 atom stereocenters. The molecule has 3 heteroatoms. The summed E-state index contributed by atoms with van der Waals surface area (Å²) >= 11 is 1.53. The average molecular weight is 443 g/mol. The Balaban J connectivity index is 2.06. The smallest absolute Gasteiger partial charge is 0.129 e. The Morgan fingerprint density at radius 2 is 1.03 bits per heavy atom. The summed E-state index contributed by atoms with van der Waals surface area (Å²) in [6, 6.07) is 11.6. The summed E-state index contributed by atoms with van der Waals surface area (Å²) < 4.78 is 0. The molecule has 0 unspecified atom stereocenters. The summed E-state index contributed by atoms with van der Waals surface area (Å²) in [6.07, 6.45) is 11.7.